The van der Waals surface area contributed by atoms with E-state index >= 15 is 0 Å². The van der Waals surface area contributed by atoms with Gasteiger partial charge in [-0.3, -0.25) is 9.69 Å². The number of hydrogen-bond acceptors (Lipinski definition) is 5. The Labute approximate surface area is 183 Å². The molecule has 2 aliphatic heterocycles. The molecule has 172 valence electrons. The van der Waals surface area contributed by atoms with Crippen molar-refractivity contribution in [1.29, 1.82) is 0 Å². The van der Waals surface area contributed by atoms with Crippen LogP contribution < -0.4 is 4.74 Å². The van der Waals surface area contributed by atoms with E-state index in [1.807, 2.05) is 19.1 Å². The highest BCUT2D eigenvalue weighted by Gasteiger charge is 2.30. The second-order valence-corrected chi connectivity index (χ2v) is 8.21. The minimum atomic E-state index is -1.82. The molecular weight excluding hydrogens is 400 g/mol. The van der Waals surface area contributed by atoms with E-state index in [1.165, 1.54) is 18.4 Å². The van der Waals surface area contributed by atoms with E-state index in [0.717, 1.165) is 57.2 Å². The Kier molecular flexibility index (Phi) is 9.78. The SMILES string of the molecule is CCOc1ccccc1CN1CCC(C(=O)N2CCC(C)CC2)CC1.O=C(O)C(=O)O. The molecule has 1 aromatic carbocycles. The van der Waals surface area contributed by atoms with Gasteiger partial charge in [-0.05, 0) is 57.7 Å². The molecule has 0 aliphatic carbocycles. The molecule has 0 spiro atoms. The lowest BCUT2D eigenvalue weighted by Crippen LogP contribution is -2.45. The molecule has 1 amide bonds. The molecule has 2 N–H and O–H groups in total. The zero-order valence-electron chi connectivity index (χ0n) is 18.5. The average molecular weight is 435 g/mol. The predicted molar refractivity (Wildman–Crippen MR) is 116 cm³/mol. The van der Waals surface area contributed by atoms with E-state index in [2.05, 4.69) is 28.9 Å². The van der Waals surface area contributed by atoms with Gasteiger partial charge in [-0.1, -0.05) is 25.1 Å². The van der Waals surface area contributed by atoms with Gasteiger partial charge in [0.15, 0.2) is 0 Å². The first-order valence-electron chi connectivity index (χ1n) is 11.0. The lowest BCUT2D eigenvalue weighted by atomic mass is 9.92. The van der Waals surface area contributed by atoms with Gasteiger partial charge in [0.1, 0.15) is 5.75 Å². The molecule has 0 unspecified atom stereocenters. The Morgan fingerprint density at radius 2 is 1.55 bits per heavy atom. The number of likely N-dealkylation sites (tertiary alicyclic amines) is 2. The molecule has 2 heterocycles. The minimum absolute atomic E-state index is 0.229. The zero-order chi connectivity index (χ0) is 22.8. The van der Waals surface area contributed by atoms with Gasteiger partial charge in [0, 0.05) is 31.1 Å². The molecule has 2 aliphatic rings. The van der Waals surface area contributed by atoms with Crippen LogP contribution in [0.4, 0.5) is 0 Å². The maximum atomic E-state index is 12.8. The summed E-state index contributed by atoms with van der Waals surface area (Å²) in [5.41, 5.74) is 1.25. The second kappa shape index (κ2) is 12.3. The minimum Gasteiger partial charge on any atom is -0.494 e. The fraction of sp³-hybridized carbons (Fsp3) is 0.609. The van der Waals surface area contributed by atoms with E-state index in [1.54, 1.807) is 0 Å². The molecule has 0 bridgehead atoms. The van der Waals surface area contributed by atoms with Gasteiger partial charge in [-0.25, -0.2) is 9.59 Å². The fourth-order valence-electron chi connectivity index (χ4n) is 4.00. The monoisotopic (exact) mass is 434 g/mol. The number of carbonyl (C=O) groups excluding carboxylic acids is 1. The Bertz CT molecular complexity index is 725. The van der Waals surface area contributed by atoms with Crippen molar-refractivity contribution in [2.45, 2.75) is 46.1 Å². The highest BCUT2D eigenvalue weighted by molar-refractivity contribution is 6.27. The molecule has 8 heteroatoms. The third-order valence-electron chi connectivity index (χ3n) is 5.88. The number of hydrogen-bond donors (Lipinski definition) is 2. The van der Waals surface area contributed by atoms with Crippen LogP contribution in [0.2, 0.25) is 0 Å². The smallest absolute Gasteiger partial charge is 0.414 e. The van der Waals surface area contributed by atoms with Crippen LogP contribution in [-0.4, -0.2) is 70.6 Å². The number of aliphatic carboxylic acids is 2. The average Bonchev–Trinajstić information content (AvgIpc) is 2.76. The Morgan fingerprint density at radius 1 is 0.968 bits per heavy atom. The summed E-state index contributed by atoms with van der Waals surface area (Å²) in [7, 11) is 0. The van der Waals surface area contributed by atoms with Gasteiger partial charge >= 0.3 is 11.9 Å². The number of benzene rings is 1. The molecule has 0 aromatic heterocycles. The van der Waals surface area contributed by atoms with Crippen LogP contribution in [0, 0.1) is 11.8 Å². The zero-order valence-corrected chi connectivity index (χ0v) is 18.5. The summed E-state index contributed by atoms with van der Waals surface area (Å²) in [4.78, 5) is 35.5. The van der Waals surface area contributed by atoms with Gasteiger partial charge in [-0.15, -0.1) is 0 Å². The summed E-state index contributed by atoms with van der Waals surface area (Å²) in [5, 5.41) is 14.8. The normalized spacial score (nSPS) is 18.1. The summed E-state index contributed by atoms with van der Waals surface area (Å²) >= 11 is 0. The van der Waals surface area contributed by atoms with Gasteiger partial charge in [-0.2, -0.15) is 0 Å². The lowest BCUT2D eigenvalue weighted by molar-refractivity contribution is -0.159. The second-order valence-electron chi connectivity index (χ2n) is 8.21. The summed E-state index contributed by atoms with van der Waals surface area (Å²) in [5.74, 6) is -1.25. The largest absolute Gasteiger partial charge is 0.494 e. The van der Waals surface area contributed by atoms with Crippen LogP contribution >= 0.6 is 0 Å². The highest BCUT2D eigenvalue weighted by atomic mass is 16.5. The van der Waals surface area contributed by atoms with Crippen molar-refractivity contribution in [3.8, 4) is 5.75 Å². The first kappa shape index (κ1) is 24.7. The molecular formula is C23H34N2O6. The predicted octanol–water partition coefficient (Wildman–Crippen LogP) is 2.71. The number of rotatable bonds is 5. The van der Waals surface area contributed by atoms with Crippen molar-refractivity contribution in [1.82, 2.24) is 9.80 Å². The lowest BCUT2D eigenvalue weighted by Gasteiger charge is -2.36. The van der Waals surface area contributed by atoms with Crippen LogP contribution in [0.3, 0.4) is 0 Å². The third-order valence-corrected chi connectivity index (χ3v) is 5.88. The Balaban J connectivity index is 0.000000501. The molecule has 0 saturated carbocycles. The van der Waals surface area contributed by atoms with Crippen LogP contribution in [0.25, 0.3) is 0 Å². The first-order chi connectivity index (χ1) is 14.8. The van der Waals surface area contributed by atoms with Crippen molar-refractivity contribution < 1.29 is 29.3 Å². The molecule has 31 heavy (non-hydrogen) atoms. The number of carbonyl (C=O) groups is 3. The van der Waals surface area contributed by atoms with E-state index in [9.17, 15) is 4.79 Å². The van der Waals surface area contributed by atoms with Crippen molar-refractivity contribution in [3.63, 3.8) is 0 Å². The maximum Gasteiger partial charge on any atom is 0.414 e. The number of carboxylic acids is 2. The van der Waals surface area contributed by atoms with Crippen LogP contribution in [-0.2, 0) is 20.9 Å². The third kappa shape index (κ3) is 7.86. The fourth-order valence-corrected chi connectivity index (χ4v) is 4.00. The van der Waals surface area contributed by atoms with Crippen molar-refractivity contribution in [2.75, 3.05) is 32.8 Å². The number of amides is 1. The molecule has 3 rings (SSSR count). The van der Waals surface area contributed by atoms with Crippen LogP contribution in [0.1, 0.15) is 45.1 Å². The van der Waals surface area contributed by atoms with Crippen molar-refractivity contribution in [2.24, 2.45) is 11.8 Å². The number of para-hydroxylation sites is 1. The molecule has 8 nitrogen and oxygen atoms in total. The number of ether oxygens (including phenoxy) is 1. The summed E-state index contributed by atoms with van der Waals surface area (Å²) in [6.07, 6.45) is 4.31. The number of carboxylic acid groups (broad SMARTS) is 2. The molecule has 0 atom stereocenters. The maximum absolute atomic E-state index is 12.8. The molecule has 2 fully saturated rings. The summed E-state index contributed by atoms with van der Waals surface area (Å²) < 4.78 is 5.74. The van der Waals surface area contributed by atoms with Gasteiger partial charge in [0.2, 0.25) is 5.91 Å². The van der Waals surface area contributed by atoms with Crippen LogP contribution in [0.5, 0.6) is 5.75 Å². The topological polar surface area (TPSA) is 107 Å². The molecule has 2 saturated heterocycles. The van der Waals surface area contributed by atoms with Crippen molar-refractivity contribution >= 4 is 17.8 Å². The molecule has 0 radical (unpaired) electrons. The number of piperidine rings is 2. The van der Waals surface area contributed by atoms with E-state index in [0.29, 0.717) is 12.5 Å². The Morgan fingerprint density at radius 3 is 2.10 bits per heavy atom. The van der Waals surface area contributed by atoms with Crippen LogP contribution in [0.15, 0.2) is 24.3 Å². The van der Waals surface area contributed by atoms with Gasteiger partial charge in [0.05, 0.1) is 6.61 Å². The van der Waals surface area contributed by atoms with Gasteiger partial charge in [0.25, 0.3) is 0 Å². The highest BCUT2D eigenvalue weighted by Crippen LogP contribution is 2.26. The standard InChI is InChI=1S/C21H32N2O2.C2H2O4/c1-3-25-20-7-5-4-6-19(20)16-22-12-10-18(11-13-22)21(24)23-14-8-17(2)9-15-23;3-1(4)2(5)6/h4-7,17-18H,3,8-16H2,1-2H3;(H,3,4)(H,5,6). The quantitative estimate of drug-likeness (QED) is 0.686. The van der Waals surface area contributed by atoms with E-state index in [-0.39, 0.29) is 5.92 Å². The van der Waals surface area contributed by atoms with Crippen molar-refractivity contribution in [3.05, 3.63) is 29.8 Å². The van der Waals surface area contributed by atoms with E-state index in [4.69, 9.17) is 24.5 Å². The molecule has 1 aromatic rings. The number of nitrogens with zero attached hydrogens (tertiary/aromatic N) is 2. The van der Waals surface area contributed by atoms with E-state index < -0.39 is 11.9 Å². The summed E-state index contributed by atoms with van der Waals surface area (Å²) in [6.45, 7) is 9.85. The van der Waals surface area contributed by atoms with Gasteiger partial charge < -0.3 is 19.8 Å². The Hall–Kier alpha value is -2.61. The summed E-state index contributed by atoms with van der Waals surface area (Å²) in [6, 6.07) is 8.30. The first-order valence-corrected chi connectivity index (χ1v) is 11.0.